The van der Waals surface area contributed by atoms with Gasteiger partial charge in [0.05, 0.1) is 10.6 Å². The van der Waals surface area contributed by atoms with Crippen molar-refractivity contribution in [2.45, 2.75) is 39.5 Å². The summed E-state index contributed by atoms with van der Waals surface area (Å²) < 4.78 is 4.93. The van der Waals surface area contributed by atoms with Crippen molar-refractivity contribution in [2.75, 3.05) is 36.0 Å². The minimum atomic E-state index is -0.344. The number of anilines is 2. The van der Waals surface area contributed by atoms with E-state index in [2.05, 4.69) is 34.0 Å². The third-order valence-corrected chi connectivity index (χ3v) is 5.65. The number of nitrogens with zero attached hydrogens (tertiary/aromatic N) is 5. The molecule has 8 nitrogen and oxygen atoms in total. The number of nitro benzene ring substituents is 1. The summed E-state index contributed by atoms with van der Waals surface area (Å²) in [7, 11) is 0. The molecule has 2 aliphatic rings. The topological polar surface area (TPSA) is 88.5 Å². The van der Waals surface area contributed by atoms with Gasteiger partial charge in [-0.2, -0.15) is 0 Å². The minimum absolute atomic E-state index is 0.0177. The molecular formula is C18H25N5O3. The lowest BCUT2D eigenvalue weighted by Crippen LogP contribution is -2.36. The highest BCUT2D eigenvalue weighted by molar-refractivity contribution is 6.00. The Morgan fingerprint density at radius 3 is 2.19 bits per heavy atom. The number of nitro groups is 1. The van der Waals surface area contributed by atoms with Crippen molar-refractivity contribution in [3.63, 3.8) is 0 Å². The Morgan fingerprint density at radius 1 is 1.04 bits per heavy atom. The van der Waals surface area contributed by atoms with Crippen molar-refractivity contribution in [3.8, 4) is 0 Å². The molecule has 140 valence electrons. The van der Waals surface area contributed by atoms with Crippen molar-refractivity contribution in [1.29, 1.82) is 0 Å². The molecule has 1 aromatic carbocycles. The SMILES string of the molecule is C[C@@H]1CCCN(c2cc(N3CCC[C@@H](C)C3)c3nonc3c2[N+](=O)[O-])C1. The maximum atomic E-state index is 11.9. The Morgan fingerprint density at radius 2 is 1.62 bits per heavy atom. The predicted octanol–water partition coefficient (Wildman–Crippen LogP) is 3.60. The molecule has 26 heavy (non-hydrogen) atoms. The summed E-state index contributed by atoms with van der Waals surface area (Å²) in [5.74, 6) is 1.11. The Kier molecular flexibility index (Phi) is 4.42. The molecule has 0 spiro atoms. The summed E-state index contributed by atoms with van der Waals surface area (Å²) in [5, 5.41) is 19.8. The van der Waals surface area contributed by atoms with Gasteiger partial charge in [-0.3, -0.25) is 10.1 Å². The second-order valence-electron chi connectivity index (χ2n) is 7.87. The fraction of sp³-hybridized carbons (Fsp3) is 0.667. The van der Waals surface area contributed by atoms with E-state index >= 15 is 0 Å². The van der Waals surface area contributed by atoms with Gasteiger partial charge in [0, 0.05) is 26.2 Å². The molecule has 0 saturated carbocycles. The van der Waals surface area contributed by atoms with E-state index in [0.29, 0.717) is 23.0 Å². The van der Waals surface area contributed by atoms with Crippen molar-refractivity contribution in [1.82, 2.24) is 10.3 Å². The molecule has 8 heteroatoms. The van der Waals surface area contributed by atoms with Gasteiger partial charge in [-0.15, -0.1) is 0 Å². The fourth-order valence-electron chi connectivity index (χ4n) is 4.38. The van der Waals surface area contributed by atoms with Crippen LogP contribution in [0, 0.1) is 22.0 Å². The van der Waals surface area contributed by atoms with Crippen molar-refractivity contribution >= 4 is 28.1 Å². The fourth-order valence-corrected chi connectivity index (χ4v) is 4.38. The van der Waals surface area contributed by atoms with E-state index in [9.17, 15) is 10.1 Å². The average molecular weight is 359 g/mol. The first-order chi connectivity index (χ1) is 12.5. The zero-order valence-corrected chi connectivity index (χ0v) is 15.3. The molecule has 0 amide bonds. The second-order valence-corrected chi connectivity index (χ2v) is 7.87. The number of rotatable bonds is 3. The smallest absolute Gasteiger partial charge is 0.323 e. The Labute approximate surface area is 152 Å². The first-order valence-electron chi connectivity index (χ1n) is 9.48. The largest absolute Gasteiger partial charge is 0.369 e. The van der Waals surface area contributed by atoms with Gasteiger partial charge in [0.15, 0.2) is 5.52 Å². The maximum absolute atomic E-state index is 11.9. The van der Waals surface area contributed by atoms with E-state index in [0.717, 1.165) is 51.1 Å². The number of aromatic nitrogens is 2. The highest BCUT2D eigenvalue weighted by Crippen LogP contribution is 2.42. The monoisotopic (exact) mass is 359 g/mol. The number of hydrogen-bond acceptors (Lipinski definition) is 7. The minimum Gasteiger partial charge on any atom is -0.369 e. The molecule has 0 N–H and O–H groups in total. The third-order valence-electron chi connectivity index (χ3n) is 5.65. The molecule has 0 bridgehead atoms. The lowest BCUT2D eigenvalue weighted by atomic mass is 9.98. The molecule has 2 atom stereocenters. The molecule has 2 aliphatic heterocycles. The van der Waals surface area contributed by atoms with Crippen LogP contribution in [0.15, 0.2) is 10.7 Å². The van der Waals surface area contributed by atoms with E-state index < -0.39 is 0 Å². The number of hydrogen-bond donors (Lipinski definition) is 0. The second kappa shape index (κ2) is 6.74. The highest BCUT2D eigenvalue weighted by Gasteiger charge is 2.32. The molecule has 2 fully saturated rings. The summed E-state index contributed by atoms with van der Waals surface area (Å²) in [6.45, 7) is 7.95. The molecule has 0 unspecified atom stereocenters. The normalized spacial score (nSPS) is 24.2. The zero-order valence-electron chi connectivity index (χ0n) is 15.3. The van der Waals surface area contributed by atoms with E-state index in [4.69, 9.17) is 4.63 Å². The van der Waals surface area contributed by atoms with Crippen molar-refractivity contribution in [3.05, 3.63) is 16.2 Å². The average Bonchev–Trinajstić information content (AvgIpc) is 3.09. The summed E-state index contributed by atoms with van der Waals surface area (Å²) in [6, 6.07) is 1.95. The van der Waals surface area contributed by atoms with Crippen LogP contribution in [0.2, 0.25) is 0 Å². The predicted molar refractivity (Wildman–Crippen MR) is 99.7 cm³/mol. The molecule has 2 aromatic rings. The van der Waals surface area contributed by atoms with Crippen molar-refractivity contribution in [2.24, 2.45) is 11.8 Å². The number of piperidine rings is 2. The van der Waals surface area contributed by atoms with E-state index in [1.54, 1.807) is 0 Å². The Bertz CT molecular complexity index is 821. The standard InChI is InChI=1S/C18H25N5O3/c1-12-5-3-7-21(10-12)14-9-15(22-8-4-6-13(2)11-22)18(23(24)25)17-16(14)19-26-20-17/h9,12-13H,3-8,10-11H2,1-2H3/t12-,13-/m1/s1. The Hall–Kier alpha value is -2.38. The molecule has 0 aliphatic carbocycles. The van der Waals surface area contributed by atoms with E-state index in [1.165, 1.54) is 6.42 Å². The van der Waals surface area contributed by atoms with Gasteiger partial charge in [-0.1, -0.05) is 13.8 Å². The first-order valence-corrected chi connectivity index (χ1v) is 9.48. The van der Waals surface area contributed by atoms with Gasteiger partial charge in [0.2, 0.25) is 5.52 Å². The van der Waals surface area contributed by atoms with Crippen LogP contribution in [-0.2, 0) is 0 Å². The maximum Gasteiger partial charge on any atom is 0.323 e. The van der Waals surface area contributed by atoms with Gasteiger partial charge in [0.1, 0.15) is 5.69 Å². The van der Waals surface area contributed by atoms with Gasteiger partial charge >= 0.3 is 5.69 Å². The van der Waals surface area contributed by atoms with Gasteiger partial charge in [-0.25, -0.2) is 4.63 Å². The third kappa shape index (κ3) is 2.97. The Balaban J connectivity index is 1.86. The summed E-state index contributed by atoms with van der Waals surface area (Å²) in [5.41, 5.74) is 2.34. The number of fused-ring (bicyclic) bond motifs is 1. The van der Waals surface area contributed by atoms with E-state index in [1.807, 2.05) is 6.07 Å². The molecule has 2 saturated heterocycles. The quantitative estimate of drug-likeness (QED) is 0.611. The molecular weight excluding hydrogens is 334 g/mol. The van der Waals surface area contributed by atoms with Crippen LogP contribution < -0.4 is 9.80 Å². The molecule has 4 rings (SSSR count). The van der Waals surface area contributed by atoms with Crippen LogP contribution in [0.5, 0.6) is 0 Å². The van der Waals surface area contributed by atoms with Crippen LogP contribution in [-0.4, -0.2) is 41.4 Å². The van der Waals surface area contributed by atoms with Crippen LogP contribution in [0.3, 0.4) is 0 Å². The van der Waals surface area contributed by atoms with Gasteiger partial charge in [0.25, 0.3) is 0 Å². The van der Waals surface area contributed by atoms with Crippen LogP contribution in [0.4, 0.5) is 17.1 Å². The van der Waals surface area contributed by atoms with Crippen LogP contribution in [0.25, 0.3) is 11.0 Å². The van der Waals surface area contributed by atoms with Crippen LogP contribution >= 0.6 is 0 Å². The van der Waals surface area contributed by atoms with Crippen molar-refractivity contribution < 1.29 is 9.55 Å². The summed E-state index contributed by atoms with van der Waals surface area (Å²) in [4.78, 5) is 15.9. The van der Waals surface area contributed by atoms with Crippen LogP contribution in [0.1, 0.15) is 39.5 Å². The lowest BCUT2D eigenvalue weighted by Gasteiger charge is -2.35. The molecule has 0 radical (unpaired) electrons. The molecule has 1 aromatic heterocycles. The zero-order chi connectivity index (χ0) is 18.3. The van der Waals surface area contributed by atoms with Gasteiger partial charge in [-0.05, 0) is 53.9 Å². The number of benzene rings is 1. The molecule has 3 heterocycles. The summed E-state index contributed by atoms with van der Waals surface area (Å²) in [6.07, 6.45) is 4.53. The van der Waals surface area contributed by atoms with Gasteiger partial charge < -0.3 is 9.80 Å². The first kappa shape index (κ1) is 17.1. The lowest BCUT2D eigenvalue weighted by molar-refractivity contribution is -0.382. The highest BCUT2D eigenvalue weighted by atomic mass is 16.6. The van der Waals surface area contributed by atoms with E-state index in [-0.39, 0.29) is 16.1 Å². The summed E-state index contributed by atoms with van der Waals surface area (Å²) >= 11 is 0.